The average Bonchev–Trinajstić information content (AvgIpc) is 2.73. The first-order valence-corrected chi connectivity index (χ1v) is 10.3. The van der Waals surface area contributed by atoms with Gasteiger partial charge in [-0.2, -0.15) is 0 Å². The Hall–Kier alpha value is -3.38. The van der Waals surface area contributed by atoms with E-state index < -0.39 is 5.54 Å². The summed E-state index contributed by atoms with van der Waals surface area (Å²) in [7, 11) is 3.58. The van der Waals surface area contributed by atoms with Crippen LogP contribution in [0.5, 0.6) is 5.75 Å². The van der Waals surface area contributed by atoms with Crippen LogP contribution >= 0.6 is 0 Å². The fourth-order valence-electron chi connectivity index (χ4n) is 4.07. The molecule has 160 valence electrons. The lowest BCUT2D eigenvalue weighted by Gasteiger charge is -2.42. The van der Waals surface area contributed by atoms with Crippen LogP contribution in [-0.2, 0) is 16.1 Å². The number of para-hydroxylation sites is 2. The van der Waals surface area contributed by atoms with Crippen LogP contribution in [-0.4, -0.2) is 43.0 Å². The highest BCUT2D eigenvalue weighted by molar-refractivity contribution is 6.14. The van der Waals surface area contributed by atoms with E-state index in [2.05, 4.69) is 23.5 Å². The summed E-state index contributed by atoms with van der Waals surface area (Å²) in [4.78, 5) is 29.5. The molecule has 0 atom stereocenters. The molecule has 0 saturated carbocycles. The lowest BCUT2D eigenvalue weighted by molar-refractivity contribution is -0.127. The van der Waals surface area contributed by atoms with Crippen LogP contribution in [0.15, 0.2) is 60.7 Å². The smallest absolute Gasteiger partial charge is 0.250 e. The molecule has 0 unspecified atom stereocenters. The monoisotopic (exact) mass is 417 g/mol. The van der Waals surface area contributed by atoms with Crippen LogP contribution in [0.4, 0.5) is 11.4 Å². The fourth-order valence-corrected chi connectivity index (χ4v) is 4.07. The molecule has 0 fully saturated rings. The Kier molecular flexibility index (Phi) is 5.41. The van der Waals surface area contributed by atoms with Gasteiger partial charge in [-0.15, -0.1) is 0 Å². The number of hydrogen-bond acceptors (Lipinski definition) is 4. The summed E-state index contributed by atoms with van der Waals surface area (Å²) in [5, 5.41) is 5.13. The second-order valence-corrected chi connectivity index (χ2v) is 8.48. The number of likely N-dealkylation sites (N-methyl/N-ethyl adjacent to an activating group) is 1. The molecule has 3 aromatic carbocycles. The SMILES string of the molecule is COc1ccc2cc(CN(C)CC(=O)N3c4ccccc4NC(=O)C3(C)C)ccc2c1. The van der Waals surface area contributed by atoms with Gasteiger partial charge in [-0.3, -0.25) is 19.4 Å². The van der Waals surface area contributed by atoms with E-state index in [4.69, 9.17) is 4.74 Å². The van der Waals surface area contributed by atoms with E-state index in [0.29, 0.717) is 12.2 Å². The maximum Gasteiger partial charge on any atom is 0.250 e. The van der Waals surface area contributed by atoms with E-state index >= 15 is 0 Å². The highest BCUT2D eigenvalue weighted by atomic mass is 16.5. The zero-order valence-corrected chi connectivity index (χ0v) is 18.3. The normalized spacial score (nSPS) is 15.0. The Morgan fingerprint density at radius 3 is 2.55 bits per heavy atom. The van der Waals surface area contributed by atoms with Crippen molar-refractivity contribution < 1.29 is 14.3 Å². The number of nitrogens with zero attached hydrogens (tertiary/aromatic N) is 2. The molecule has 1 N–H and O–H groups in total. The minimum absolute atomic E-state index is 0.111. The highest BCUT2D eigenvalue weighted by Crippen LogP contribution is 2.36. The van der Waals surface area contributed by atoms with Crippen molar-refractivity contribution in [1.29, 1.82) is 0 Å². The van der Waals surface area contributed by atoms with Crippen molar-refractivity contribution in [3.63, 3.8) is 0 Å². The number of carbonyl (C=O) groups excluding carboxylic acids is 2. The molecule has 3 aromatic rings. The summed E-state index contributed by atoms with van der Waals surface area (Å²) in [6.45, 7) is 4.36. The third-order valence-corrected chi connectivity index (χ3v) is 5.73. The third-order valence-electron chi connectivity index (χ3n) is 5.73. The molecule has 2 amide bonds. The molecular formula is C25H27N3O3. The number of ether oxygens (including phenoxy) is 1. The number of benzene rings is 3. The van der Waals surface area contributed by atoms with Crippen molar-refractivity contribution in [3.8, 4) is 5.75 Å². The average molecular weight is 418 g/mol. The van der Waals surface area contributed by atoms with E-state index in [0.717, 1.165) is 27.8 Å². The van der Waals surface area contributed by atoms with Gasteiger partial charge in [0.05, 0.1) is 25.0 Å². The summed E-state index contributed by atoms with van der Waals surface area (Å²) in [5.41, 5.74) is 1.54. The van der Waals surface area contributed by atoms with Crippen LogP contribution < -0.4 is 15.0 Å². The van der Waals surface area contributed by atoms with Gasteiger partial charge < -0.3 is 10.1 Å². The molecule has 1 heterocycles. The first-order valence-electron chi connectivity index (χ1n) is 10.3. The summed E-state index contributed by atoms with van der Waals surface area (Å²) < 4.78 is 5.29. The number of nitrogens with one attached hydrogen (secondary N) is 1. The second-order valence-electron chi connectivity index (χ2n) is 8.48. The molecule has 0 bridgehead atoms. The van der Waals surface area contributed by atoms with Crippen LogP contribution in [0, 0.1) is 0 Å². The Bertz CT molecular complexity index is 1160. The Morgan fingerprint density at radius 2 is 1.77 bits per heavy atom. The van der Waals surface area contributed by atoms with Gasteiger partial charge >= 0.3 is 0 Å². The quantitative estimate of drug-likeness (QED) is 0.681. The molecule has 0 aliphatic carbocycles. The largest absolute Gasteiger partial charge is 0.497 e. The molecule has 6 heteroatoms. The van der Waals surface area contributed by atoms with E-state index in [9.17, 15) is 9.59 Å². The summed E-state index contributed by atoms with van der Waals surface area (Å²) in [5.74, 6) is 0.531. The van der Waals surface area contributed by atoms with Gasteiger partial charge in [-0.25, -0.2) is 0 Å². The van der Waals surface area contributed by atoms with Crippen molar-refractivity contribution in [2.45, 2.75) is 25.9 Å². The number of rotatable bonds is 5. The highest BCUT2D eigenvalue weighted by Gasteiger charge is 2.43. The van der Waals surface area contributed by atoms with Crippen molar-refractivity contribution >= 4 is 34.0 Å². The van der Waals surface area contributed by atoms with Gasteiger partial charge in [0, 0.05) is 6.54 Å². The van der Waals surface area contributed by atoms with Gasteiger partial charge in [-0.05, 0) is 67.6 Å². The molecule has 4 rings (SSSR count). The molecular weight excluding hydrogens is 390 g/mol. The number of fused-ring (bicyclic) bond motifs is 2. The topological polar surface area (TPSA) is 61.9 Å². The first kappa shape index (κ1) is 20.9. The fraction of sp³-hybridized carbons (Fsp3) is 0.280. The van der Waals surface area contributed by atoms with Crippen molar-refractivity contribution in [2.24, 2.45) is 0 Å². The molecule has 0 radical (unpaired) electrons. The van der Waals surface area contributed by atoms with E-state index in [1.54, 1.807) is 25.9 Å². The molecule has 0 saturated heterocycles. The van der Waals surface area contributed by atoms with E-state index in [1.807, 2.05) is 54.4 Å². The summed E-state index contributed by atoms with van der Waals surface area (Å²) in [6.07, 6.45) is 0. The van der Waals surface area contributed by atoms with Gasteiger partial charge in [0.1, 0.15) is 11.3 Å². The predicted molar refractivity (Wildman–Crippen MR) is 123 cm³/mol. The zero-order chi connectivity index (χ0) is 22.2. The maximum absolute atomic E-state index is 13.3. The van der Waals surface area contributed by atoms with Gasteiger partial charge in [-0.1, -0.05) is 30.3 Å². The van der Waals surface area contributed by atoms with Crippen LogP contribution in [0.3, 0.4) is 0 Å². The Balaban J connectivity index is 1.52. The van der Waals surface area contributed by atoms with Crippen molar-refractivity contribution in [1.82, 2.24) is 4.90 Å². The number of methoxy groups -OCH3 is 1. The number of amides is 2. The van der Waals surface area contributed by atoms with Crippen molar-refractivity contribution in [3.05, 3.63) is 66.2 Å². The summed E-state index contributed by atoms with van der Waals surface area (Å²) >= 11 is 0. The summed E-state index contributed by atoms with van der Waals surface area (Å²) in [6, 6.07) is 19.7. The number of hydrogen-bond donors (Lipinski definition) is 1. The third kappa shape index (κ3) is 3.99. The number of carbonyl (C=O) groups is 2. The molecule has 1 aliphatic rings. The predicted octanol–water partition coefficient (Wildman–Crippen LogP) is 4.04. The Labute approximate surface area is 182 Å². The van der Waals surface area contributed by atoms with Gasteiger partial charge in [0.2, 0.25) is 11.8 Å². The van der Waals surface area contributed by atoms with Crippen molar-refractivity contribution in [2.75, 3.05) is 30.9 Å². The molecule has 0 aromatic heterocycles. The van der Waals surface area contributed by atoms with Crippen LogP contribution in [0.25, 0.3) is 10.8 Å². The second kappa shape index (κ2) is 8.04. The minimum Gasteiger partial charge on any atom is -0.497 e. The molecule has 6 nitrogen and oxygen atoms in total. The number of anilines is 2. The lowest BCUT2D eigenvalue weighted by Crippen LogP contribution is -2.60. The van der Waals surface area contributed by atoms with E-state index in [1.165, 1.54) is 0 Å². The standard InChI is InChI=1S/C25H27N3O3/c1-25(2)24(30)26-21-7-5-6-8-22(21)28(25)23(29)16-27(3)15-17-9-10-19-14-20(31-4)12-11-18(19)13-17/h5-14H,15-16H2,1-4H3,(H,26,30). The first-order chi connectivity index (χ1) is 14.8. The molecule has 31 heavy (non-hydrogen) atoms. The van der Waals surface area contributed by atoms with Gasteiger partial charge in [0.25, 0.3) is 0 Å². The van der Waals surface area contributed by atoms with Crippen LogP contribution in [0.1, 0.15) is 19.4 Å². The molecule has 1 aliphatic heterocycles. The van der Waals surface area contributed by atoms with Gasteiger partial charge in [0.15, 0.2) is 0 Å². The van der Waals surface area contributed by atoms with Crippen LogP contribution in [0.2, 0.25) is 0 Å². The van der Waals surface area contributed by atoms with E-state index in [-0.39, 0.29) is 18.4 Å². The Morgan fingerprint density at radius 1 is 1.06 bits per heavy atom. The molecule has 0 spiro atoms. The zero-order valence-electron chi connectivity index (χ0n) is 18.3. The minimum atomic E-state index is -0.964. The maximum atomic E-state index is 13.3. The lowest BCUT2D eigenvalue weighted by atomic mass is 9.96.